The van der Waals surface area contributed by atoms with Crippen molar-refractivity contribution in [3.63, 3.8) is 0 Å². The molecule has 0 aromatic rings. The van der Waals surface area contributed by atoms with E-state index in [2.05, 4.69) is 25.7 Å². The summed E-state index contributed by atoms with van der Waals surface area (Å²) in [4.78, 5) is 2.76. The van der Waals surface area contributed by atoms with Gasteiger partial charge in [-0.25, -0.2) is 0 Å². The van der Waals surface area contributed by atoms with Gasteiger partial charge < -0.3 is 5.73 Å². The van der Waals surface area contributed by atoms with Gasteiger partial charge in [-0.05, 0) is 57.5 Å². The van der Waals surface area contributed by atoms with Gasteiger partial charge in [-0.1, -0.05) is 46.5 Å². The maximum atomic E-state index is 6.25. The van der Waals surface area contributed by atoms with Gasteiger partial charge in [0.05, 0.1) is 0 Å². The van der Waals surface area contributed by atoms with E-state index in [1.165, 1.54) is 77.3 Å². The molecule has 0 bridgehead atoms. The third-order valence-corrected chi connectivity index (χ3v) is 5.44. The van der Waals surface area contributed by atoms with Crippen LogP contribution in [0.3, 0.4) is 0 Å². The number of unbranched alkanes of at least 4 members (excludes halogenated alkanes) is 3. The Balaban J connectivity index is 2.56. The topological polar surface area (TPSA) is 29.3 Å². The van der Waals surface area contributed by atoms with Crippen LogP contribution in [0.1, 0.15) is 85.0 Å². The van der Waals surface area contributed by atoms with Gasteiger partial charge in [-0.3, -0.25) is 4.90 Å². The van der Waals surface area contributed by atoms with Crippen molar-refractivity contribution in [2.24, 2.45) is 11.7 Å². The molecule has 0 unspecified atom stereocenters. The fraction of sp³-hybridized carbons (Fsp3) is 1.00. The van der Waals surface area contributed by atoms with Gasteiger partial charge in [0.1, 0.15) is 0 Å². The quantitative estimate of drug-likeness (QED) is 0.594. The van der Waals surface area contributed by atoms with Crippen LogP contribution in [0.15, 0.2) is 0 Å². The minimum atomic E-state index is 0.327. The van der Waals surface area contributed by atoms with Crippen LogP contribution >= 0.6 is 0 Å². The smallest absolute Gasteiger partial charge is 0.0331 e. The molecule has 0 spiro atoms. The lowest BCUT2D eigenvalue weighted by Gasteiger charge is -2.48. The molecule has 1 aliphatic rings. The van der Waals surface area contributed by atoms with Crippen LogP contribution in [-0.4, -0.2) is 30.1 Å². The highest BCUT2D eigenvalue weighted by atomic mass is 15.2. The molecule has 0 heterocycles. The SMILES string of the molecule is CCCCCCN(CCC)C1(CN)CCC(CC)CC1. The van der Waals surface area contributed by atoms with Crippen molar-refractivity contribution >= 4 is 0 Å². The first kappa shape index (κ1) is 18.0. The number of hydrogen-bond acceptors (Lipinski definition) is 2. The van der Waals surface area contributed by atoms with Crippen LogP contribution in [0.5, 0.6) is 0 Å². The Labute approximate surface area is 127 Å². The molecule has 0 aliphatic heterocycles. The summed E-state index contributed by atoms with van der Waals surface area (Å²) in [6.45, 7) is 10.3. The molecule has 1 aliphatic carbocycles. The molecule has 0 amide bonds. The van der Waals surface area contributed by atoms with E-state index in [9.17, 15) is 0 Å². The van der Waals surface area contributed by atoms with E-state index >= 15 is 0 Å². The zero-order valence-corrected chi connectivity index (χ0v) is 14.3. The molecule has 2 N–H and O–H groups in total. The van der Waals surface area contributed by atoms with Crippen molar-refractivity contribution in [2.75, 3.05) is 19.6 Å². The highest BCUT2D eigenvalue weighted by Gasteiger charge is 2.38. The van der Waals surface area contributed by atoms with E-state index in [1.54, 1.807) is 0 Å². The van der Waals surface area contributed by atoms with Crippen LogP contribution in [0.2, 0.25) is 0 Å². The van der Waals surface area contributed by atoms with Crippen LogP contribution in [0.25, 0.3) is 0 Å². The molecule has 1 saturated carbocycles. The predicted molar refractivity (Wildman–Crippen MR) is 90.0 cm³/mol. The van der Waals surface area contributed by atoms with Gasteiger partial charge in [0.15, 0.2) is 0 Å². The minimum absolute atomic E-state index is 0.327. The second kappa shape index (κ2) is 9.78. The molecule has 2 heteroatoms. The summed E-state index contributed by atoms with van der Waals surface area (Å²) < 4.78 is 0. The molecular weight excluding hydrogens is 244 g/mol. The Kier molecular flexibility index (Phi) is 8.79. The normalized spacial score (nSPS) is 27.1. The molecule has 0 saturated heterocycles. The van der Waals surface area contributed by atoms with Crippen molar-refractivity contribution < 1.29 is 0 Å². The van der Waals surface area contributed by atoms with Crippen molar-refractivity contribution in [3.05, 3.63) is 0 Å². The highest BCUT2D eigenvalue weighted by Crippen LogP contribution is 2.37. The zero-order valence-electron chi connectivity index (χ0n) is 14.3. The monoisotopic (exact) mass is 282 g/mol. The van der Waals surface area contributed by atoms with Gasteiger partial charge in [0, 0.05) is 12.1 Å². The maximum absolute atomic E-state index is 6.25. The molecule has 1 rings (SSSR count). The number of hydrogen-bond donors (Lipinski definition) is 1. The number of rotatable bonds is 10. The Morgan fingerprint density at radius 2 is 1.65 bits per heavy atom. The van der Waals surface area contributed by atoms with Crippen LogP contribution in [-0.2, 0) is 0 Å². The lowest BCUT2D eigenvalue weighted by Crippen LogP contribution is -2.56. The Morgan fingerprint density at radius 3 is 2.15 bits per heavy atom. The summed E-state index contributed by atoms with van der Waals surface area (Å²) in [5.41, 5.74) is 6.57. The van der Waals surface area contributed by atoms with Crippen molar-refractivity contribution in [1.82, 2.24) is 4.90 Å². The van der Waals surface area contributed by atoms with E-state index in [-0.39, 0.29) is 0 Å². The van der Waals surface area contributed by atoms with E-state index in [0.29, 0.717) is 5.54 Å². The second-order valence-electron chi connectivity index (χ2n) is 6.83. The number of nitrogens with zero attached hydrogens (tertiary/aromatic N) is 1. The third-order valence-electron chi connectivity index (χ3n) is 5.44. The van der Waals surface area contributed by atoms with Gasteiger partial charge in [0.25, 0.3) is 0 Å². The molecule has 2 nitrogen and oxygen atoms in total. The molecule has 1 fully saturated rings. The predicted octanol–water partition coefficient (Wildman–Crippen LogP) is 4.58. The van der Waals surface area contributed by atoms with Gasteiger partial charge in [-0.2, -0.15) is 0 Å². The molecule has 120 valence electrons. The highest BCUT2D eigenvalue weighted by molar-refractivity contribution is 4.95. The minimum Gasteiger partial charge on any atom is -0.329 e. The van der Waals surface area contributed by atoms with E-state index in [0.717, 1.165) is 12.5 Å². The molecule has 0 aromatic carbocycles. The van der Waals surface area contributed by atoms with Gasteiger partial charge >= 0.3 is 0 Å². The summed E-state index contributed by atoms with van der Waals surface area (Å²) in [6, 6.07) is 0. The van der Waals surface area contributed by atoms with E-state index in [1.807, 2.05) is 0 Å². The molecule has 0 aromatic heterocycles. The maximum Gasteiger partial charge on any atom is 0.0331 e. The fourth-order valence-corrected chi connectivity index (χ4v) is 3.86. The fourth-order valence-electron chi connectivity index (χ4n) is 3.86. The average Bonchev–Trinajstić information content (AvgIpc) is 2.50. The lowest BCUT2D eigenvalue weighted by atomic mass is 9.74. The van der Waals surface area contributed by atoms with Crippen LogP contribution in [0.4, 0.5) is 0 Å². The van der Waals surface area contributed by atoms with E-state index in [4.69, 9.17) is 5.73 Å². The number of nitrogens with two attached hydrogens (primary N) is 1. The van der Waals surface area contributed by atoms with Crippen LogP contribution in [0, 0.1) is 5.92 Å². The van der Waals surface area contributed by atoms with Crippen LogP contribution < -0.4 is 5.73 Å². The molecular formula is C18H38N2. The summed E-state index contributed by atoms with van der Waals surface area (Å²) >= 11 is 0. The van der Waals surface area contributed by atoms with Crippen molar-refractivity contribution in [3.8, 4) is 0 Å². The summed E-state index contributed by atoms with van der Waals surface area (Å²) in [5, 5.41) is 0. The molecule has 0 radical (unpaired) electrons. The van der Waals surface area contributed by atoms with Crippen molar-refractivity contribution in [1.29, 1.82) is 0 Å². The third kappa shape index (κ3) is 5.04. The largest absolute Gasteiger partial charge is 0.329 e. The Hall–Kier alpha value is -0.0800. The van der Waals surface area contributed by atoms with Gasteiger partial charge in [-0.15, -0.1) is 0 Å². The summed E-state index contributed by atoms with van der Waals surface area (Å²) in [6.07, 6.45) is 13.5. The molecule has 20 heavy (non-hydrogen) atoms. The first-order valence-electron chi connectivity index (χ1n) is 9.17. The standard InChI is InChI=1S/C18H38N2/c1-4-7-8-9-15-20(14-5-2)18(16-19)12-10-17(6-3)11-13-18/h17H,4-16,19H2,1-3H3. The summed E-state index contributed by atoms with van der Waals surface area (Å²) in [7, 11) is 0. The lowest BCUT2D eigenvalue weighted by molar-refractivity contribution is 0.0399. The first-order chi connectivity index (χ1) is 9.72. The first-order valence-corrected chi connectivity index (χ1v) is 9.17. The molecule has 0 atom stereocenters. The van der Waals surface area contributed by atoms with Gasteiger partial charge in [0.2, 0.25) is 0 Å². The average molecular weight is 283 g/mol. The Bertz CT molecular complexity index is 232. The van der Waals surface area contributed by atoms with Crippen molar-refractivity contribution in [2.45, 2.75) is 90.5 Å². The summed E-state index contributed by atoms with van der Waals surface area (Å²) in [5.74, 6) is 0.957. The zero-order chi connectivity index (χ0) is 14.8. The Morgan fingerprint density at radius 1 is 0.950 bits per heavy atom. The van der Waals surface area contributed by atoms with E-state index < -0.39 is 0 Å². The second-order valence-corrected chi connectivity index (χ2v) is 6.83.